The zero-order valence-electron chi connectivity index (χ0n) is 23.6. The molecule has 4 rings (SSSR count). The van der Waals surface area contributed by atoms with E-state index in [2.05, 4.69) is 33.1 Å². The maximum atomic E-state index is 12.7. The van der Waals surface area contributed by atoms with Crippen molar-refractivity contribution >= 4 is 23.8 Å². The monoisotopic (exact) mass is 565 g/mol. The number of nitrogens with one attached hydrogen (secondary N) is 4. The maximum absolute atomic E-state index is 12.7. The van der Waals surface area contributed by atoms with Crippen molar-refractivity contribution in [3.63, 3.8) is 0 Å². The van der Waals surface area contributed by atoms with Gasteiger partial charge in [-0.25, -0.2) is 14.6 Å². The van der Waals surface area contributed by atoms with Gasteiger partial charge in [0.1, 0.15) is 24.2 Å². The highest BCUT2D eigenvalue weighted by atomic mass is 16.6. The van der Waals surface area contributed by atoms with Gasteiger partial charge in [0, 0.05) is 31.6 Å². The minimum absolute atomic E-state index is 0.0529. The lowest BCUT2D eigenvalue weighted by molar-refractivity contribution is -0.145. The molecule has 0 fully saturated rings. The summed E-state index contributed by atoms with van der Waals surface area (Å²) in [6, 6.07) is 14.0. The third-order valence-corrected chi connectivity index (χ3v) is 6.15. The van der Waals surface area contributed by atoms with E-state index in [9.17, 15) is 14.4 Å². The minimum Gasteiger partial charge on any atom is -0.464 e. The number of aliphatic hydroxyl groups is 1. The molecular weight excluding hydrogens is 526 g/mol. The number of carbonyl (C=O) groups excluding carboxylic acids is 3. The lowest BCUT2D eigenvalue weighted by atomic mass is 10.1. The molecule has 1 aromatic carbocycles. The van der Waals surface area contributed by atoms with Crippen molar-refractivity contribution in [3.8, 4) is 0 Å². The number of pyridine rings is 1. The summed E-state index contributed by atoms with van der Waals surface area (Å²) in [6.45, 7) is 4.58. The number of carbonyl (C=O) groups is 3. The van der Waals surface area contributed by atoms with E-state index in [4.69, 9.17) is 19.6 Å². The van der Waals surface area contributed by atoms with Crippen molar-refractivity contribution in [2.24, 2.45) is 0 Å². The molecule has 0 radical (unpaired) electrons. The van der Waals surface area contributed by atoms with Crippen LogP contribution in [0.2, 0.25) is 0 Å². The number of aromatic amines is 1. The normalized spacial score (nSPS) is 12.5. The molecule has 11 nitrogen and oxygen atoms in total. The molecule has 2 aromatic heterocycles. The van der Waals surface area contributed by atoms with Crippen molar-refractivity contribution in [1.82, 2.24) is 20.6 Å². The number of aryl methyl sites for hydroxylation is 3. The van der Waals surface area contributed by atoms with E-state index in [-0.39, 0.29) is 26.4 Å². The number of ether oxygens (including phenoxy) is 2. The quantitative estimate of drug-likeness (QED) is 0.222. The first-order valence-electron chi connectivity index (χ1n) is 13.9. The number of rotatable bonds is 11. The molecule has 0 aliphatic carbocycles. The molecule has 220 valence electrons. The largest absolute Gasteiger partial charge is 0.464 e. The van der Waals surface area contributed by atoms with Gasteiger partial charge < -0.3 is 35.5 Å². The summed E-state index contributed by atoms with van der Waals surface area (Å²) in [5.74, 6) is -0.0959. The minimum atomic E-state index is -1.10. The Kier molecular flexibility index (Phi) is 12.7. The van der Waals surface area contributed by atoms with E-state index < -0.39 is 24.0 Å². The van der Waals surface area contributed by atoms with Crippen LogP contribution in [0.4, 0.5) is 10.6 Å². The zero-order chi connectivity index (χ0) is 29.5. The van der Waals surface area contributed by atoms with Crippen LogP contribution in [0.25, 0.3) is 0 Å². The highest BCUT2D eigenvalue weighted by Gasteiger charge is 2.24. The van der Waals surface area contributed by atoms with Crippen LogP contribution in [0.1, 0.15) is 53.1 Å². The van der Waals surface area contributed by atoms with Crippen LogP contribution in [0.5, 0.6) is 0 Å². The average Bonchev–Trinajstić information content (AvgIpc) is 3.47. The molecule has 0 bridgehead atoms. The van der Waals surface area contributed by atoms with Crippen molar-refractivity contribution < 1.29 is 29.0 Å². The van der Waals surface area contributed by atoms with Gasteiger partial charge in [0.2, 0.25) is 0 Å². The van der Waals surface area contributed by atoms with Crippen molar-refractivity contribution in [2.75, 3.05) is 31.6 Å². The average molecular weight is 566 g/mol. The van der Waals surface area contributed by atoms with Crippen LogP contribution in [0, 0.1) is 0 Å². The number of aromatic nitrogens is 2. The molecule has 11 heteroatoms. The molecule has 1 atom stereocenters. The zero-order valence-corrected chi connectivity index (χ0v) is 23.6. The smallest absolute Gasteiger partial charge is 0.408 e. The molecule has 0 saturated heterocycles. The van der Waals surface area contributed by atoms with Gasteiger partial charge >= 0.3 is 12.1 Å². The first kappa shape index (κ1) is 31.2. The predicted molar refractivity (Wildman–Crippen MR) is 155 cm³/mol. The van der Waals surface area contributed by atoms with Crippen LogP contribution in [0.3, 0.4) is 0 Å². The second kappa shape index (κ2) is 16.7. The number of hydrogen-bond acceptors (Lipinski definition) is 8. The summed E-state index contributed by atoms with van der Waals surface area (Å²) in [6.07, 6.45) is 4.64. The van der Waals surface area contributed by atoms with Gasteiger partial charge in [-0.1, -0.05) is 36.4 Å². The van der Waals surface area contributed by atoms with Gasteiger partial charge in [-0.15, -0.1) is 0 Å². The number of aliphatic hydroxyl groups excluding tert-OH is 1. The number of fused-ring (bicyclic) bond motifs is 1. The standard InChI is InChI=1S/C28H33N5O5.C2H6O/c1-2-37-27(35)24(33-28(36)38-18-19-7-4-3-5-8-19)17-31-26(34)23-15-20(16-30-23)10-12-22-13-11-21-9-6-14-29-25(21)32-22;1-2-3/h3-5,7-8,11,13,15-16,24,30H,2,6,9-10,12,14,17-18H2,1H3,(H,29,32)(H,31,34)(H,33,36);3H,2H2,1H3/t24-;/m0./s1. The van der Waals surface area contributed by atoms with E-state index in [0.29, 0.717) is 5.69 Å². The molecule has 0 unspecified atom stereocenters. The Morgan fingerprint density at radius 2 is 1.83 bits per heavy atom. The fourth-order valence-corrected chi connectivity index (χ4v) is 4.13. The molecule has 1 aliphatic heterocycles. The summed E-state index contributed by atoms with van der Waals surface area (Å²) in [5.41, 5.74) is 4.38. The third kappa shape index (κ3) is 10.3. The molecule has 1 aliphatic rings. The van der Waals surface area contributed by atoms with E-state index in [1.54, 1.807) is 26.1 Å². The molecule has 0 saturated carbocycles. The molecule has 3 aromatic rings. The molecule has 2 amide bonds. The van der Waals surface area contributed by atoms with E-state index in [0.717, 1.165) is 54.9 Å². The van der Waals surface area contributed by atoms with Crippen LogP contribution >= 0.6 is 0 Å². The molecule has 41 heavy (non-hydrogen) atoms. The van der Waals surface area contributed by atoms with E-state index in [1.807, 2.05) is 30.3 Å². The van der Waals surface area contributed by atoms with Crippen LogP contribution in [-0.2, 0) is 40.1 Å². The summed E-state index contributed by atoms with van der Waals surface area (Å²) in [4.78, 5) is 45.0. The molecular formula is C30H39N5O6. The molecule has 0 spiro atoms. The Balaban J connectivity index is 0.00000147. The number of nitrogens with zero attached hydrogens (tertiary/aromatic N) is 1. The van der Waals surface area contributed by atoms with Gasteiger partial charge in [0.15, 0.2) is 0 Å². The Labute approximate surface area is 240 Å². The second-order valence-electron chi connectivity index (χ2n) is 9.30. The lowest BCUT2D eigenvalue weighted by Crippen LogP contribution is -2.49. The Morgan fingerprint density at radius 1 is 1.05 bits per heavy atom. The highest BCUT2D eigenvalue weighted by Crippen LogP contribution is 2.20. The summed E-state index contributed by atoms with van der Waals surface area (Å²) < 4.78 is 10.2. The number of anilines is 1. The van der Waals surface area contributed by atoms with Crippen LogP contribution in [0.15, 0.2) is 54.7 Å². The summed E-state index contributed by atoms with van der Waals surface area (Å²) in [7, 11) is 0. The number of benzene rings is 1. The Morgan fingerprint density at radius 3 is 2.59 bits per heavy atom. The van der Waals surface area contributed by atoms with Gasteiger partial charge in [0.25, 0.3) is 5.91 Å². The van der Waals surface area contributed by atoms with Gasteiger partial charge in [-0.2, -0.15) is 0 Å². The van der Waals surface area contributed by atoms with Gasteiger partial charge in [-0.3, -0.25) is 4.79 Å². The summed E-state index contributed by atoms with van der Waals surface area (Å²) >= 11 is 0. The number of amides is 2. The Hall–Kier alpha value is -4.38. The van der Waals surface area contributed by atoms with Crippen molar-refractivity contribution in [1.29, 1.82) is 0 Å². The maximum Gasteiger partial charge on any atom is 0.408 e. The second-order valence-corrected chi connectivity index (χ2v) is 9.30. The highest BCUT2D eigenvalue weighted by molar-refractivity contribution is 5.93. The number of hydrogen-bond donors (Lipinski definition) is 5. The number of alkyl carbamates (subject to hydrolysis) is 1. The first-order chi connectivity index (χ1) is 19.9. The fourth-order valence-electron chi connectivity index (χ4n) is 4.13. The third-order valence-electron chi connectivity index (χ3n) is 6.15. The van der Waals surface area contributed by atoms with Crippen molar-refractivity contribution in [3.05, 3.63) is 82.8 Å². The predicted octanol–water partition coefficient (Wildman–Crippen LogP) is 3.14. The summed E-state index contributed by atoms with van der Waals surface area (Å²) in [5, 5.41) is 16.1. The molecule has 3 heterocycles. The van der Waals surface area contributed by atoms with Crippen LogP contribution < -0.4 is 16.0 Å². The first-order valence-corrected chi connectivity index (χ1v) is 13.9. The Bertz CT molecular complexity index is 1260. The fraction of sp³-hybridized carbons (Fsp3) is 0.400. The van der Waals surface area contributed by atoms with Gasteiger partial charge in [0.05, 0.1) is 6.61 Å². The number of H-pyrrole nitrogens is 1. The van der Waals surface area contributed by atoms with E-state index >= 15 is 0 Å². The molecule has 5 N–H and O–H groups in total. The van der Waals surface area contributed by atoms with E-state index in [1.165, 1.54) is 5.56 Å². The van der Waals surface area contributed by atoms with Crippen LogP contribution in [-0.4, -0.2) is 65.4 Å². The van der Waals surface area contributed by atoms with Gasteiger partial charge in [-0.05, 0) is 68.4 Å². The SMILES string of the molecule is CCO.CCOC(=O)[C@H](CNC(=O)c1cc(CCc2ccc3c(n2)NCCC3)c[nH]1)NC(=O)OCc1ccccc1. The van der Waals surface area contributed by atoms with Crippen molar-refractivity contribution in [2.45, 2.75) is 52.2 Å². The topological polar surface area (TPSA) is 155 Å². The lowest BCUT2D eigenvalue weighted by Gasteiger charge is -2.17. The number of esters is 1.